The molecule has 0 bridgehead atoms. The van der Waals surface area contributed by atoms with Crippen molar-refractivity contribution < 1.29 is 14.7 Å². The monoisotopic (exact) mass is 389 g/mol. The Morgan fingerprint density at radius 3 is 2.74 bits per heavy atom. The van der Waals surface area contributed by atoms with E-state index in [1.54, 1.807) is 18.2 Å². The first-order valence-corrected chi connectivity index (χ1v) is 8.43. The molecule has 1 amide bonds. The second-order valence-corrected chi connectivity index (χ2v) is 6.92. The highest BCUT2D eigenvalue weighted by Gasteiger charge is 2.30. The average molecular weight is 390 g/mol. The lowest BCUT2D eigenvalue weighted by atomic mass is 10.2. The van der Waals surface area contributed by atoms with Gasteiger partial charge in [-0.05, 0) is 35.9 Å². The van der Waals surface area contributed by atoms with Crippen LogP contribution < -0.4 is 4.90 Å². The number of carboxylic acid groups (broad SMARTS) is 1. The fraction of sp³-hybridized carbons (Fsp3) is 0.0588. The number of hydrogen-bond donors (Lipinski definition) is 1. The largest absolute Gasteiger partial charge is 0.480 e. The molecule has 1 aliphatic heterocycles. The first-order chi connectivity index (χ1) is 11.0. The first kappa shape index (κ1) is 15.8. The third-order valence-electron chi connectivity index (χ3n) is 3.27. The number of anilines is 1. The van der Waals surface area contributed by atoms with Crippen molar-refractivity contribution in [1.82, 2.24) is 0 Å². The van der Waals surface area contributed by atoms with Gasteiger partial charge in [-0.25, -0.2) is 0 Å². The minimum atomic E-state index is -1.04. The van der Waals surface area contributed by atoms with E-state index in [1.165, 1.54) is 16.7 Å². The molecule has 2 aromatic rings. The molecule has 4 nitrogen and oxygen atoms in total. The van der Waals surface area contributed by atoms with Crippen molar-refractivity contribution >= 4 is 51.3 Å². The maximum atomic E-state index is 12.7. The van der Waals surface area contributed by atoms with E-state index in [9.17, 15) is 9.59 Å². The number of thioether (sulfide) groups is 1. The van der Waals surface area contributed by atoms with Crippen molar-refractivity contribution in [2.45, 2.75) is 4.90 Å². The average Bonchev–Trinajstić information content (AvgIpc) is 2.51. The van der Waals surface area contributed by atoms with Crippen molar-refractivity contribution in [2.24, 2.45) is 0 Å². The summed E-state index contributed by atoms with van der Waals surface area (Å²) in [4.78, 5) is 26.5. The Bertz CT molecular complexity index is 819. The number of para-hydroxylation sites is 1. The van der Waals surface area contributed by atoms with Gasteiger partial charge in [0.05, 0.1) is 10.6 Å². The summed E-state index contributed by atoms with van der Waals surface area (Å²) in [6.45, 7) is -0.355. The fourth-order valence-corrected chi connectivity index (χ4v) is 3.78. The Hall–Kier alpha value is -2.05. The Morgan fingerprint density at radius 1 is 1.22 bits per heavy atom. The maximum absolute atomic E-state index is 12.7. The van der Waals surface area contributed by atoms with E-state index >= 15 is 0 Å². The Labute approximate surface area is 145 Å². The van der Waals surface area contributed by atoms with Crippen molar-refractivity contribution in [3.05, 3.63) is 63.5 Å². The van der Waals surface area contributed by atoms with Crippen LogP contribution in [0.2, 0.25) is 0 Å². The van der Waals surface area contributed by atoms with E-state index in [1.807, 2.05) is 36.4 Å². The molecule has 2 aromatic carbocycles. The van der Waals surface area contributed by atoms with Crippen LogP contribution in [0.4, 0.5) is 5.69 Å². The fourth-order valence-electron chi connectivity index (χ4n) is 2.30. The molecule has 0 saturated heterocycles. The van der Waals surface area contributed by atoms with E-state index in [0.29, 0.717) is 10.6 Å². The number of nitrogens with zero attached hydrogens (tertiary/aromatic N) is 1. The molecule has 3 rings (SSSR count). The summed E-state index contributed by atoms with van der Waals surface area (Å²) in [5, 5.41) is 9.10. The molecule has 0 aromatic heterocycles. The van der Waals surface area contributed by atoms with Crippen LogP contribution in [0.25, 0.3) is 6.08 Å². The molecule has 0 aliphatic carbocycles. The summed E-state index contributed by atoms with van der Waals surface area (Å²) >= 11 is 4.76. The first-order valence-electron chi connectivity index (χ1n) is 6.82. The van der Waals surface area contributed by atoms with Gasteiger partial charge in [-0.15, -0.1) is 0 Å². The van der Waals surface area contributed by atoms with Crippen molar-refractivity contribution in [1.29, 1.82) is 0 Å². The van der Waals surface area contributed by atoms with Gasteiger partial charge in [0, 0.05) is 9.37 Å². The zero-order valence-electron chi connectivity index (χ0n) is 11.9. The van der Waals surface area contributed by atoms with Gasteiger partial charge in [0.15, 0.2) is 0 Å². The second-order valence-electron chi connectivity index (χ2n) is 4.92. The van der Waals surface area contributed by atoms with Crippen molar-refractivity contribution in [3.63, 3.8) is 0 Å². The van der Waals surface area contributed by atoms with Crippen molar-refractivity contribution in [2.75, 3.05) is 11.4 Å². The standard InChI is InChI=1S/C17H12BrNO3S/c18-12-5-3-4-11(8-12)9-15-17(22)19(10-16(20)21)13-6-1-2-7-14(13)23-15/h1-9H,10H2,(H,20,21). The molecular formula is C17H12BrNO3S. The zero-order valence-corrected chi connectivity index (χ0v) is 14.3. The molecular weight excluding hydrogens is 378 g/mol. The predicted molar refractivity (Wildman–Crippen MR) is 94.4 cm³/mol. The summed E-state index contributed by atoms with van der Waals surface area (Å²) in [6.07, 6.45) is 1.78. The summed E-state index contributed by atoms with van der Waals surface area (Å²) in [5.74, 6) is -1.34. The molecule has 0 radical (unpaired) electrons. The van der Waals surface area contributed by atoms with Gasteiger partial charge in [-0.1, -0.05) is 52.0 Å². The lowest BCUT2D eigenvalue weighted by Crippen LogP contribution is -2.38. The number of aliphatic carboxylic acids is 1. The van der Waals surface area contributed by atoms with Crippen LogP contribution >= 0.6 is 27.7 Å². The third-order valence-corrected chi connectivity index (χ3v) is 4.84. The van der Waals surface area contributed by atoms with Gasteiger partial charge in [-0.2, -0.15) is 0 Å². The lowest BCUT2D eigenvalue weighted by molar-refractivity contribution is -0.136. The van der Waals surface area contributed by atoms with Crippen LogP contribution in [0.5, 0.6) is 0 Å². The summed E-state index contributed by atoms with van der Waals surface area (Å²) in [5.41, 5.74) is 1.51. The van der Waals surface area contributed by atoms with Gasteiger partial charge >= 0.3 is 5.97 Å². The zero-order chi connectivity index (χ0) is 16.4. The number of carbonyl (C=O) groups is 2. The Balaban J connectivity index is 2.04. The van der Waals surface area contributed by atoms with Gasteiger partial charge in [0.25, 0.3) is 5.91 Å². The summed E-state index contributed by atoms with van der Waals surface area (Å²) < 4.78 is 0.919. The highest BCUT2D eigenvalue weighted by Crippen LogP contribution is 2.41. The van der Waals surface area contributed by atoms with E-state index in [2.05, 4.69) is 15.9 Å². The molecule has 0 spiro atoms. The molecule has 0 atom stereocenters. The molecule has 0 fully saturated rings. The number of halogens is 1. The Kier molecular flexibility index (Phi) is 4.54. The van der Waals surface area contributed by atoms with E-state index < -0.39 is 5.97 Å². The van der Waals surface area contributed by atoms with Crippen LogP contribution in [0, 0.1) is 0 Å². The molecule has 6 heteroatoms. The minimum absolute atomic E-state index is 0.295. The number of carboxylic acids is 1. The molecule has 0 unspecified atom stereocenters. The normalized spacial score (nSPS) is 15.6. The number of fused-ring (bicyclic) bond motifs is 1. The van der Waals surface area contributed by atoms with Crippen LogP contribution in [0.15, 0.2) is 62.8 Å². The van der Waals surface area contributed by atoms with Crippen LogP contribution in [0.3, 0.4) is 0 Å². The molecule has 0 saturated carbocycles. The van der Waals surface area contributed by atoms with Crippen LogP contribution in [-0.2, 0) is 9.59 Å². The Morgan fingerprint density at radius 2 is 2.00 bits per heavy atom. The highest BCUT2D eigenvalue weighted by molar-refractivity contribution is 9.10. The molecule has 1 aliphatic rings. The molecule has 116 valence electrons. The molecule has 23 heavy (non-hydrogen) atoms. The molecule has 1 heterocycles. The number of rotatable bonds is 3. The number of hydrogen-bond acceptors (Lipinski definition) is 3. The van der Waals surface area contributed by atoms with Gasteiger partial charge in [-0.3, -0.25) is 14.5 Å². The second kappa shape index (κ2) is 6.60. The van der Waals surface area contributed by atoms with E-state index in [-0.39, 0.29) is 12.5 Å². The van der Waals surface area contributed by atoms with Gasteiger partial charge < -0.3 is 5.11 Å². The van der Waals surface area contributed by atoms with Gasteiger partial charge in [0.1, 0.15) is 6.54 Å². The SMILES string of the molecule is O=C(O)CN1C(=O)C(=Cc2cccc(Br)c2)Sc2ccccc21. The quantitative estimate of drug-likeness (QED) is 0.805. The summed E-state index contributed by atoms with van der Waals surface area (Å²) in [7, 11) is 0. The number of amides is 1. The predicted octanol–water partition coefficient (Wildman–Crippen LogP) is 4.01. The molecule has 1 N–H and O–H groups in total. The highest BCUT2D eigenvalue weighted by atomic mass is 79.9. The van der Waals surface area contributed by atoms with E-state index in [0.717, 1.165) is 14.9 Å². The summed E-state index contributed by atoms with van der Waals surface area (Å²) in [6, 6.07) is 14.9. The van der Waals surface area contributed by atoms with E-state index in [4.69, 9.17) is 5.11 Å². The minimum Gasteiger partial charge on any atom is -0.480 e. The van der Waals surface area contributed by atoms with Crippen LogP contribution in [-0.4, -0.2) is 23.5 Å². The lowest BCUT2D eigenvalue weighted by Gasteiger charge is -2.28. The third kappa shape index (κ3) is 3.48. The maximum Gasteiger partial charge on any atom is 0.323 e. The van der Waals surface area contributed by atoms with Gasteiger partial charge in [0.2, 0.25) is 0 Å². The smallest absolute Gasteiger partial charge is 0.323 e. The van der Waals surface area contributed by atoms with Crippen LogP contribution in [0.1, 0.15) is 5.56 Å². The number of carbonyl (C=O) groups excluding carboxylic acids is 1. The van der Waals surface area contributed by atoms with Crippen molar-refractivity contribution in [3.8, 4) is 0 Å². The number of benzene rings is 2. The topological polar surface area (TPSA) is 57.6 Å².